The fourth-order valence-electron chi connectivity index (χ4n) is 2.15. The van der Waals surface area contributed by atoms with Gasteiger partial charge in [-0.15, -0.1) is 0 Å². The van der Waals surface area contributed by atoms with E-state index < -0.39 is 17.4 Å². The molecule has 0 aromatic heterocycles. The molecule has 1 amide bonds. The number of amides is 1. The third-order valence-electron chi connectivity index (χ3n) is 3.43. The van der Waals surface area contributed by atoms with Gasteiger partial charge in [0.05, 0.1) is 20.8 Å². The van der Waals surface area contributed by atoms with E-state index in [1.54, 1.807) is 12.1 Å². The zero-order valence-electron chi connectivity index (χ0n) is 11.8. The molecule has 21 heavy (non-hydrogen) atoms. The minimum absolute atomic E-state index is 0.0403. The van der Waals surface area contributed by atoms with Crippen molar-refractivity contribution in [2.75, 3.05) is 27.4 Å². The molecule has 0 radical (unpaired) electrons. The van der Waals surface area contributed by atoms with Gasteiger partial charge in [-0.05, 0) is 18.2 Å². The van der Waals surface area contributed by atoms with Gasteiger partial charge in [0.15, 0.2) is 17.0 Å². The van der Waals surface area contributed by atoms with Gasteiger partial charge >= 0.3 is 5.97 Å². The highest BCUT2D eigenvalue weighted by molar-refractivity contribution is 5.98. The van der Waals surface area contributed by atoms with Gasteiger partial charge in [-0.3, -0.25) is 4.79 Å². The van der Waals surface area contributed by atoms with Crippen molar-refractivity contribution in [3.8, 4) is 11.5 Å². The normalized spacial score (nSPS) is 20.9. The number of hydrogen-bond donors (Lipinski definition) is 2. The van der Waals surface area contributed by atoms with Gasteiger partial charge in [0.1, 0.15) is 0 Å². The Kier molecular flexibility index (Phi) is 4.32. The van der Waals surface area contributed by atoms with Crippen molar-refractivity contribution in [1.82, 2.24) is 5.32 Å². The summed E-state index contributed by atoms with van der Waals surface area (Å²) in [6.07, 6.45) is 0.237. The number of carbonyl (C=O) groups is 2. The Labute approximate surface area is 121 Å². The molecule has 1 saturated heterocycles. The molecular weight excluding hydrogens is 278 g/mol. The minimum atomic E-state index is -1.37. The fourth-order valence-corrected chi connectivity index (χ4v) is 2.15. The lowest BCUT2D eigenvalue weighted by Crippen LogP contribution is -2.55. The standard InChI is InChI=1S/C14H17NO6/c1-19-10-4-3-9(7-11(10)20-2)12(16)15-14(13(17)18)5-6-21-8-14/h3-4,7H,5-6,8H2,1-2H3,(H,15,16)(H,17,18). The molecule has 1 unspecified atom stereocenters. The highest BCUT2D eigenvalue weighted by Gasteiger charge is 2.44. The van der Waals surface area contributed by atoms with Crippen LogP contribution in [0.5, 0.6) is 11.5 Å². The summed E-state index contributed by atoms with van der Waals surface area (Å²) in [7, 11) is 2.95. The van der Waals surface area contributed by atoms with Gasteiger partial charge in [0, 0.05) is 18.6 Å². The minimum Gasteiger partial charge on any atom is -0.493 e. The molecule has 114 valence electrons. The van der Waals surface area contributed by atoms with Crippen LogP contribution in [-0.2, 0) is 9.53 Å². The number of benzene rings is 1. The maximum atomic E-state index is 12.3. The molecule has 1 atom stereocenters. The van der Waals surface area contributed by atoms with Crippen molar-refractivity contribution in [2.45, 2.75) is 12.0 Å². The second-order valence-electron chi connectivity index (χ2n) is 4.71. The maximum absolute atomic E-state index is 12.3. The van der Waals surface area contributed by atoms with E-state index in [1.165, 1.54) is 20.3 Å². The van der Waals surface area contributed by atoms with Crippen LogP contribution < -0.4 is 14.8 Å². The number of methoxy groups -OCH3 is 2. The molecule has 1 fully saturated rings. The van der Waals surface area contributed by atoms with E-state index in [2.05, 4.69) is 5.32 Å². The van der Waals surface area contributed by atoms with Gasteiger partial charge in [-0.1, -0.05) is 0 Å². The van der Waals surface area contributed by atoms with E-state index in [0.29, 0.717) is 23.7 Å². The molecule has 7 nitrogen and oxygen atoms in total. The van der Waals surface area contributed by atoms with E-state index in [0.717, 1.165) is 0 Å². The first kappa shape index (κ1) is 15.1. The molecule has 1 heterocycles. The molecule has 1 aliphatic rings. The Bertz CT molecular complexity index is 550. The highest BCUT2D eigenvalue weighted by Crippen LogP contribution is 2.28. The summed E-state index contributed by atoms with van der Waals surface area (Å²) < 4.78 is 15.3. The van der Waals surface area contributed by atoms with Gasteiger partial charge in [-0.2, -0.15) is 0 Å². The molecule has 1 aromatic rings. The summed E-state index contributed by atoms with van der Waals surface area (Å²) >= 11 is 0. The third-order valence-corrected chi connectivity index (χ3v) is 3.43. The Morgan fingerprint density at radius 1 is 1.29 bits per heavy atom. The lowest BCUT2D eigenvalue weighted by molar-refractivity contribution is -0.144. The van der Waals surface area contributed by atoms with Crippen molar-refractivity contribution in [3.05, 3.63) is 23.8 Å². The summed E-state index contributed by atoms with van der Waals surface area (Å²) in [5.41, 5.74) is -1.08. The number of aliphatic carboxylic acids is 1. The quantitative estimate of drug-likeness (QED) is 0.829. The first-order valence-electron chi connectivity index (χ1n) is 6.38. The van der Waals surface area contributed by atoms with Crippen LogP contribution in [0.4, 0.5) is 0 Å². The molecule has 0 saturated carbocycles. The average molecular weight is 295 g/mol. The fraction of sp³-hybridized carbons (Fsp3) is 0.429. The van der Waals surface area contributed by atoms with Crippen molar-refractivity contribution in [3.63, 3.8) is 0 Å². The van der Waals surface area contributed by atoms with E-state index in [1.807, 2.05) is 0 Å². The summed E-state index contributed by atoms with van der Waals surface area (Å²) in [5.74, 6) is -0.707. The number of rotatable bonds is 5. The van der Waals surface area contributed by atoms with Crippen molar-refractivity contribution >= 4 is 11.9 Å². The average Bonchev–Trinajstić information content (AvgIpc) is 2.96. The van der Waals surface area contributed by atoms with E-state index >= 15 is 0 Å². The lowest BCUT2D eigenvalue weighted by atomic mass is 9.98. The number of carbonyl (C=O) groups excluding carboxylic acids is 1. The predicted molar refractivity (Wildman–Crippen MR) is 72.8 cm³/mol. The molecule has 2 rings (SSSR count). The Balaban J connectivity index is 2.22. The second-order valence-corrected chi connectivity index (χ2v) is 4.71. The van der Waals surface area contributed by atoms with Crippen LogP contribution in [0.3, 0.4) is 0 Å². The van der Waals surface area contributed by atoms with Gasteiger partial charge in [0.2, 0.25) is 0 Å². The first-order valence-corrected chi connectivity index (χ1v) is 6.38. The number of ether oxygens (including phenoxy) is 3. The van der Waals surface area contributed by atoms with Gasteiger partial charge < -0.3 is 24.6 Å². The maximum Gasteiger partial charge on any atom is 0.331 e. The van der Waals surface area contributed by atoms with Crippen LogP contribution in [0.15, 0.2) is 18.2 Å². The molecular formula is C14H17NO6. The van der Waals surface area contributed by atoms with Crippen molar-refractivity contribution < 1.29 is 28.9 Å². The summed E-state index contributed by atoms with van der Waals surface area (Å²) in [4.78, 5) is 23.6. The molecule has 1 aliphatic heterocycles. The summed E-state index contributed by atoms with van der Waals surface area (Å²) in [6.45, 7) is 0.264. The summed E-state index contributed by atoms with van der Waals surface area (Å²) in [5, 5.41) is 11.8. The number of carboxylic acid groups (broad SMARTS) is 1. The second kappa shape index (κ2) is 6.01. The van der Waals surface area contributed by atoms with Gasteiger partial charge in [0.25, 0.3) is 5.91 Å². The largest absolute Gasteiger partial charge is 0.493 e. The Hall–Kier alpha value is -2.28. The molecule has 7 heteroatoms. The lowest BCUT2D eigenvalue weighted by Gasteiger charge is -2.23. The van der Waals surface area contributed by atoms with Crippen LogP contribution in [0.25, 0.3) is 0 Å². The van der Waals surface area contributed by atoms with Crippen LogP contribution in [-0.4, -0.2) is 50.0 Å². The number of carboxylic acids is 1. The zero-order chi connectivity index (χ0) is 15.5. The third kappa shape index (κ3) is 2.92. The Morgan fingerprint density at radius 3 is 2.52 bits per heavy atom. The van der Waals surface area contributed by atoms with E-state index in [-0.39, 0.29) is 13.0 Å². The number of nitrogens with one attached hydrogen (secondary N) is 1. The SMILES string of the molecule is COc1ccc(C(=O)NC2(C(=O)O)CCOC2)cc1OC. The van der Waals surface area contributed by atoms with Crippen LogP contribution in [0.2, 0.25) is 0 Å². The molecule has 0 aliphatic carbocycles. The van der Waals surface area contributed by atoms with E-state index in [9.17, 15) is 14.7 Å². The molecule has 0 spiro atoms. The first-order chi connectivity index (χ1) is 10.0. The van der Waals surface area contributed by atoms with Crippen LogP contribution in [0, 0.1) is 0 Å². The highest BCUT2D eigenvalue weighted by atomic mass is 16.5. The topological polar surface area (TPSA) is 94.1 Å². The monoisotopic (exact) mass is 295 g/mol. The molecule has 2 N–H and O–H groups in total. The predicted octanol–water partition coefficient (Wildman–Crippen LogP) is 0.677. The zero-order valence-corrected chi connectivity index (χ0v) is 11.8. The Morgan fingerprint density at radius 2 is 2.00 bits per heavy atom. The van der Waals surface area contributed by atoms with Crippen molar-refractivity contribution in [1.29, 1.82) is 0 Å². The molecule has 1 aromatic carbocycles. The summed E-state index contributed by atoms with van der Waals surface area (Å²) in [6, 6.07) is 4.63. The smallest absolute Gasteiger partial charge is 0.331 e. The number of hydrogen-bond acceptors (Lipinski definition) is 5. The van der Waals surface area contributed by atoms with Crippen molar-refractivity contribution in [2.24, 2.45) is 0 Å². The molecule has 0 bridgehead atoms. The van der Waals surface area contributed by atoms with Crippen LogP contribution >= 0.6 is 0 Å². The van der Waals surface area contributed by atoms with Gasteiger partial charge in [-0.25, -0.2) is 4.79 Å². The van der Waals surface area contributed by atoms with Crippen LogP contribution in [0.1, 0.15) is 16.8 Å². The van der Waals surface area contributed by atoms with E-state index in [4.69, 9.17) is 14.2 Å².